The van der Waals surface area contributed by atoms with Crippen LogP contribution in [0.5, 0.6) is 0 Å². The number of benzene rings is 3. The van der Waals surface area contributed by atoms with E-state index in [9.17, 15) is 22.4 Å². The maximum Gasteiger partial charge on any atom is 0.257 e. The van der Waals surface area contributed by atoms with Crippen LogP contribution < -0.4 is 9.62 Å². The average Bonchev–Trinajstić information content (AvgIpc) is 3.39. The van der Waals surface area contributed by atoms with Gasteiger partial charge in [0.25, 0.3) is 10.0 Å². The number of hydrogen-bond donors (Lipinski definition) is 1. The van der Waals surface area contributed by atoms with Crippen LogP contribution in [0.2, 0.25) is 0 Å². The molecule has 4 rings (SSSR count). The summed E-state index contributed by atoms with van der Waals surface area (Å²) in [4.78, 5) is 28.4. The molecule has 0 saturated carbocycles. The molecule has 0 aliphatic carbocycles. The predicted molar refractivity (Wildman–Crippen MR) is 152 cm³/mol. The number of carbonyl (C=O) groups excluding carboxylic acids is 2. The number of halogens is 1. The maximum atomic E-state index is 13.7. The second-order valence-corrected chi connectivity index (χ2v) is 10.6. The Morgan fingerprint density at radius 1 is 0.975 bits per heavy atom. The van der Waals surface area contributed by atoms with Gasteiger partial charge < -0.3 is 4.90 Å². The number of aromatic nitrogens is 2. The van der Waals surface area contributed by atoms with Crippen molar-refractivity contribution in [3.8, 4) is 0 Å². The zero-order valence-electron chi connectivity index (χ0n) is 21.9. The van der Waals surface area contributed by atoms with Gasteiger partial charge in [-0.2, -0.15) is 5.10 Å². The van der Waals surface area contributed by atoms with Crippen molar-refractivity contribution in [3.05, 3.63) is 125 Å². The molecule has 1 heterocycles. The fourth-order valence-electron chi connectivity index (χ4n) is 4.15. The fraction of sp³-hybridized carbons (Fsp3) is 0.167. The zero-order chi connectivity index (χ0) is 28.5. The summed E-state index contributed by atoms with van der Waals surface area (Å²) in [5.41, 5.74) is 2.62. The summed E-state index contributed by atoms with van der Waals surface area (Å²) in [6.45, 7) is 2.39. The van der Waals surface area contributed by atoms with Gasteiger partial charge in [0.15, 0.2) is 0 Å². The third-order valence-electron chi connectivity index (χ3n) is 6.13. The van der Waals surface area contributed by atoms with Crippen LogP contribution in [0.4, 0.5) is 10.1 Å². The quantitative estimate of drug-likeness (QED) is 0.274. The first-order valence-electron chi connectivity index (χ1n) is 12.7. The zero-order valence-corrected chi connectivity index (χ0v) is 22.7. The van der Waals surface area contributed by atoms with Crippen LogP contribution in [0.3, 0.4) is 0 Å². The largest absolute Gasteiger partial charge is 0.312 e. The van der Waals surface area contributed by atoms with Gasteiger partial charge in [0, 0.05) is 18.4 Å². The normalized spacial score (nSPS) is 12.2. The molecular weight excluding hydrogens is 531 g/mol. The molecule has 0 aliphatic rings. The second kappa shape index (κ2) is 13.0. The van der Waals surface area contributed by atoms with Gasteiger partial charge in [-0.1, -0.05) is 60.7 Å². The highest BCUT2D eigenvalue weighted by Gasteiger charge is 2.33. The molecule has 0 radical (unpaired) electrons. The Morgan fingerprint density at radius 2 is 1.62 bits per heavy atom. The molecular formula is C30H29FN4O4S. The SMILES string of the molecule is CCN(C(=O)C(Cc1cnn(Cc2ccccc2)c1)C(=O)NS(=O)(=O)C=Cc1ccccc1)c1ccc(F)cc1. The van der Waals surface area contributed by atoms with E-state index in [1.165, 1.54) is 35.2 Å². The number of nitrogens with zero attached hydrogens (tertiary/aromatic N) is 3. The maximum absolute atomic E-state index is 13.7. The second-order valence-electron chi connectivity index (χ2n) is 9.07. The monoisotopic (exact) mass is 560 g/mol. The summed E-state index contributed by atoms with van der Waals surface area (Å²) in [5.74, 6) is -3.45. The number of carbonyl (C=O) groups is 2. The summed E-state index contributed by atoms with van der Waals surface area (Å²) in [7, 11) is -4.21. The van der Waals surface area contributed by atoms with E-state index in [-0.39, 0.29) is 13.0 Å². The lowest BCUT2D eigenvalue weighted by molar-refractivity contribution is -0.132. The minimum atomic E-state index is -4.21. The van der Waals surface area contributed by atoms with E-state index in [1.54, 1.807) is 54.3 Å². The number of nitrogens with one attached hydrogen (secondary N) is 1. The van der Waals surface area contributed by atoms with Crippen molar-refractivity contribution in [2.24, 2.45) is 5.92 Å². The molecule has 0 bridgehead atoms. The summed E-state index contributed by atoms with van der Waals surface area (Å²) in [6.07, 6.45) is 4.54. The van der Waals surface area contributed by atoms with Crippen LogP contribution in [-0.2, 0) is 32.6 Å². The van der Waals surface area contributed by atoms with Crippen molar-refractivity contribution in [3.63, 3.8) is 0 Å². The lowest BCUT2D eigenvalue weighted by Crippen LogP contribution is -2.46. The van der Waals surface area contributed by atoms with Crippen molar-refractivity contribution in [1.82, 2.24) is 14.5 Å². The molecule has 0 fully saturated rings. The van der Waals surface area contributed by atoms with E-state index in [0.717, 1.165) is 11.0 Å². The third kappa shape index (κ3) is 7.73. The molecule has 10 heteroatoms. The van der Waals surface area contributed by atoms with Gasteiger partial charge in [0.05, 0.1) is 18.1 Å². The Hall–Kier alpha value is -4.57. The van der Waals surface area contributed by atoms with Crippen molar-refractivity contribution < 1.29 is 22.4 Å². The Morgan fingerprint density at radius 3 is 2.27 bits per heavy atom. The minimum absolute atomic E-state index is 0.0882. The first kappa shape index (κ1) is 28.4. The van der Waals surface area contributed by atoms with Gasteiger partial charge in [-0.25, -0.2) is 17.5 Å². The first-order valence-corrected chi connectivity index (χ1v) is 14.2. The van der Waals surface area contributed by atoms with E-state index in [1.807, 2.05) is 35.1 Å². The molecule has 206 valence electrons. The fourth-order valence-corrected chi connectivity index (χ4v) is 4.98. The molecule has 40 heavy (non-hydrogen) atoms. The first-order chi connectivity index (χ1) is 19.2. The van der Waals surface area contributed by atoms with Crippen molar-refractivity contribution in [2.75, 3.05) is 11.4 Å². The molecule has 1 unspecified atom stereocenters. The predicted octanol–water partition coefficient (Wildman–Crippen LogP) is 4.40. The molecule has 3 aromatic carbocycles. The molecule has 1 aromatic heterocycles. The summed E-state index contributed by atoms with van der Waals surface area (Å²) >= 11 is 0. The lowest BCUT2D eigenvalue weighted by atomic mass is 9.98. The van der Waals surface area contributed by atoms with Gasteiger partial charge in [-0.05, 0) is 60.4 Å². The van der Waals surface area contributed by atoms with Crippen molar-refractivity contribution in [1.29, 1.82) is 0 Å². The van der Waals surface area contributed by atoms with Crippen molar-refractivity contribution in [2.45, 2.75) is 19.9 Å². The van der Waals surface area contributed by atoms with E-state index in [2.05, 4.69) is 5.10 Å². The third-order valence-corrected chi connectivity index (χ3v) is 7.11. The Labute approximate surface area is 232 Å². The van der Waals surface area contributed by atoms with Gasteiger partial charge in [0.2, 0.25) is 11.8 Å². The van der Waals surface area contributed by atoms with E-state index < -0.39 is 33.6 Å². The number of anilines is 1. The molecule has 1 N–H and O–H groups in total. The highest BCUT2D eigenvalue weighted by molar-refractivity contribution is 7.93. The summed E-state index contributed by atoms with van der Waals surface area (Å²) < 4.78 is 42.7. The van der Waals surface area contributed by atoms with Gasteiger partial charge in [-0.3, -0.25) is 14.3 Å². The molecule has 1 atom stereocenters. The molecule has 4 aromatic rings. The Kier molecular flexibility index (Phi) is 9.23. The number of amides is 2. The van der Waals surface area contributed by atoms with Gasteiger partial charge in [0.1, 0.15) is 11.7 Å². The topological polar surface area (TPSA) is 101 Å². The van der Waals surface area contributed by atoms with E-state index >= 15 is 0 Å². The van der Waals surface area contributed by atoms with E-state index in [0.29, 0.717) is 23.4 Å². The van der Waals surface area contributed by atoms with Crippen LogP contribution >= 0.6 is 0 Å². The number of sulfonamides is 1. The summed E-state index contributed by atoms with van der Waals surface area (Å²) in [6, 6.07) is 23.7. The highest BCUT2D eigenvalue weighted by atomic mass is 32.2. The molecule has 0 saturated heterocycles. The van der Waals surface area contributed by atoms with E-state index in [4.69, 9.17) is 0 Å². The number of hydrogen-bond acceptors (Lipinski definition) is 5. The summed E-state index contributed by atoms with van der Waals surface area (Å²) in [5, 5.41) is 5.23. The molecule has 0 aliphatic heterocycles. The Bertz CT molecular complexity index is 1570. The molecule has 2 amide bonds. The molecule has 8 nitrogen and oxygen atoms in total. The average molecular weight is 561 g/mol. The standard InChI is InChI=1S/C30H29FN4O4S/c1-2-35(27-15-13-26(31)14-16-27)30(37)28(19-25-20-32-34(22-25)21-24-11-7-4-8-12-24)29(36)33-40(38,39)18-17-23-9-5-3-6-10-23/h3-18,20,22,28H,2,19,21H2,1H3,(H,33,36). The van der Waals surface area contributed by atoms with Gasteiger partial charge >= 0.3 is 0 Å². The van der Waals surface area contributed by atoms with Crippen LogP contribution in [0, 0.1) is 11.7 Å². The number of rotatable bonds is 11. The lowest BCUT2D eigenvalue weighted by Gasteiger charge is -2.25. The van der Waals surface area contributed by atoms with Crippen LogP contribution in [0.15, 0.2) is 103 Å². The Balaban J connectivity index is 1.58. The van der Waals surface area contributed by atoms with Crippen LogP contribution in [0.25, 0.3) is 6.08 Å². The highest BCUT2D eigenvalue weighted by Crippen LogP contribution is 2.21. The smallest absolute Gasteiger partial charge is 0.257 e. The molecule has 0 spiro atoms. The van der Waals surface area contributed by atoms with Crippen molar-refractivity contribution >= 4 is 33.6 Å². The van der Waals surface area contributed by atoms with Crippen LogP contribution in [-0.4, -0.2) is 36.6 Å². The van der Waals surface area contributed by atoms with Crippen LogP contribution in [0.1, 0.15) is 23.6 Å². The van der Waals surface area contributed by atoms with Gasteiger partial charge in [-0.15, -0.1) is 0 Å². The minimum Gasteiger partial charge on any atom is -0.312 e.